The van der Waals surface area contributed by atoms with Gasteiger partial charge in [-0.25, -0.2) is 4.39 Å². The van der Waals surface area contributed by atoms with E-state index in [0.717, 1.165) is 27.5 Å². The van der Waals surface area contributed by atoms with Gasteiger partial charge in [0.15, 0.2) is 4.93 Å². The average Bonchev–Trinajstić information content (AvgIpc) is 3.11. The van der Waals surface area contributed by atoms with Crippen molar-refractivity contribution in [1.29, 1.82) is 0 Å². The van der Waals surface area contributed by atoms with Crippen molar-refractivity contribution in [2.24, 2.45) is 0 Å². The Morgan fingerprint density at radius 3 is 2.53 bits per heavy atom. The van der Waals surface area contributed by atoms with Gasteiger partial charge in [-0.2, -0.15) is 0 Å². The molecule has 0 aliphatic carbocycles. The van der Waals surface area contributed by atoms with Crippen LogP contribution in [0.2, 0.25) is 0 Å². The van der Waals surface area contributed by atoms with Crippen LogP contribution in [-0.4, -0.2) is 20.7 Å². The lowest BCUT2D eigenvalue weighted by Crippen LogP contribution is -2.36. The van der Waals surface area contributed by atoms with Crippen molar-refractivity contribution >= 4 is 17.7 Å². The highest BCUT2D eigenvalue weighted by Gasteiger charge is 2.36. The maximum Gasteiger partial charge on any atom is 0.230 e. The maximum absolute atomic E-state index is 13.7. The molecule has 4 rings (SSSR count). The van der Waals surface area contributed by atoms with Crippen LogP contribution in [0.25, 0.3) is 0 Å². The first-order chi connectivity index (χ1) is 15.2. The minimum absolute atomic E-state index is 0.0319. The fourth-order valence-corrected chi connectivity index (χ4v) is 5.16. The van der Waals surface area contributed by atoms with Crippen LogP contribution in [0.15, 0.2) is 71.8 Å². The quantitative estimate of drug-likeness (QED) is 0.440. The summed E-state index contributed by atoms with van der Waals surface area (Å²) in [6.45, 7) is 8.37. The molecule has 2 aromatic carbocycles. The van der Waals surface area contributed by atoms with Gasteiger partial charge in [0.05, 0.1) is 29.1 Å². The average molecular weight is 451 g/mol. The number of nitrogens with zero attached hydrogens (tertiary/aromatic N) is 2. The number of rotatable bonds is 6. The van der Waals surface area contributed by atoms with Crippen LogP contribution in [0, 0.1) is 5.82 Å². The number of hydrogen-bond donors (Lipinski definition) is 0. The van der Waals surface area contributed by atoms with Gasteiger partial charge in [-0.05, 0) is 69.2 Å². The molecule has 0 saturated carbocycles. The molecule has 6 heteroatoms. The Kier molecular flexibility index (Phi) is 6.24. The molecule has 32 heavy (non-hydrogen) atoms. The second kappa shape index (κ2) is 8.94. The van der Waals surface area contributed by atoms with Crippen LogP contribution in [-0.2, 0) is 11.3 Å². The number of thioether (sulfide) groups is 1. The van der Waals surface area contributed by atoms with Crippen molar-refractivity contribution in [3.05, 3.63) is 89.5 Å². The van der Waals surface area contributed by atoms with E-state index in [1.54, 1.807) is 30.1 Å². The van der Waals surface area contributed by atoms with Crippen LogP contribution in [0.1, 0.15) is 56.5 Å². The molecule has 0 fully saturated rings. The van der Waals surface area contributed by atoms with E-state index in [1.165, 1.54) is 12.1 Å². The van der Waals surface area contributed by atoms with E-state index in [4.69, 9.17) is 4.74 Å². The van der Waals surface area contributed by atoms with Crippen LogP contribution in [0.5, 0.6) is 5.75 Å². The zero-order valence-electron chi connectivity index (χ0n) is 18.7. The predicted octanol–water partition coefficient (Wildman–Crippen LogP) is 6.33. The number of ether oxygens (including phenoxy) is 1. The minimum Gasteiger partial charge on any atom is -0.476 e. The summed E-state index contributed by atoms with van der Waals surface area (Å²) in [5.41, 5.74) is 2.65. The lowest BCUT2D eigenvalue weighted by atomic mass is 9.97. The summed E-state index contributed by atoms with van der Waals surface area (Å²) in [5, 5.41) is 0. The monoisotopic (exact) mass is 450 g/mol. The minimum atomic E-state index is -0.418. The number of carbonyl (C=O) groups excluding carboxylic acids is 1. The van der Waals surface area contributed by atoms with Gasteiger partial charge in [-0.1, -0.05) is 42.1 Å². The van der Waals surface area contributed by atoms with E-state index in [0.29, 0.717) is 6.54 Å². The smallest absolute Gasteiger partial charge is 0.230 e. The Morgan fingerprint density at radius 2 is 1.84 bits per heavy atom. The Hall–Kier alpha value is -2.86. The first-order valence-electron chi connectivity index (χ1n) is 10.7. The number of amides is 1. The molecular formula is C26H27FN2O2S. The maximum atomic E-state index is 13.7. The highest BCUT2D eigenvalue weighted by Crippen LogP contribution is 2.50. The molecule has 0 N–H and O–H groups in total. The number of halogens is 1. The van der Waals surface area contributed by atoms with E-state index >= 15 is 0 Å². The van der Waals surface area contributed by atoms with E-state index in [1.807, 2.05) is 62.9 Å². The molecule has 1 aromatic heterocycles. The number of aromatic nitrogens is 1. The molecule has 3 aromatic rings. The van der Waals surface area contributed by atoms with E-state index in [-0.39, 0.29) is 22.7 Å². The molecule has 1 aliphatic heterocycles. The standard InChI is InChI=1S/C26H27FN2O2S/c1-17(19-11-13-20(27)14-12-19)25(30)29(16-21-8-5-6-15-28-21)18(2)22-9-7-10-23-24(22)32-26(3,4)31-23/h5-15,17-18H,16H2,1-4H3. The number of carbonyl (C=O) groups is 1. The molecule has 166 valence electrons. The van der Waals surface area contributed by atoms with Crippen LogP contribution < -0.4 is 4.74 Å². The van der Waals surface area contributed by atoms with E-state index in [2.05, 4.69) is 11.1 Å². The Bertz CT molecular complexity index is 1100. The summed E-state index contributed by atoms with van der Waals surface area (Å²) in [7, 11) is 0. The first-order valence-corrected chi connectivity index (χ1v) is 11.5. The Balaban J connectivity index is 1.69. The molecule has 1 amide bonds. The fourth-order valence-electron chi connectivity index (χ4n) is 3.97. The lowest BCUT2D eigenvalue weighted by Gasteiger charge is -2.32. The third-order valence-corrected chi connectivity index (χ3v) is 6.93. The fraction of sp³-hybridized carbons (Fsp3) is 0.308. The molecule has 0 saturated heterocycles. The van der Waals surface area contributed by atoms with Crippen LogP contribution in [0.4, 0.5) is 4.39 Å². The second-order valence-electron chi connectivity index (χ2n) is 8.51. The first kappa shape index (κ1) is 22.3. The largest absolute Gasteiger partial charge is 0.476 e. The number of benzene rings is 2. The Labute approximate surface area is 192 Å². The van der Waals surface area contributed by atoms with Gasteiger partial charge >= 0.3 is 0 Å². The molecule has 4 nitrogen and oxygen atoms in total. The Morgan fingerprint density at radius 1 is 1.09 bits per heavy atom. The van der Waals surface area contributed by atoms with Gasteiger partial charge in [0.1, 0.15) is 11.6 Å². The van der Waals surface area contributed by atoms with Gasteiger partial charge in [-0.15, -0.1) is 0 Å². The molecule has 2 unspecified atom stereocenters. The highest BCUT2D eigenvalue weighted by molar-refractivity contribution is 8.00. The third kappa shape index (κ3) is 4.65. The second-order valence-corrected chi connectivity index (χ2v) is 10.1. The van der Waals surface area contributed by atoms with Crippen molar-refractivity contribution in [3.63, 3.8) is 0 Å². The molecule has 2 atom stereocenters. The van der Waals surface area contributed by atoms with E-state index < -0.39 is 5.92 Å². The van der Waals surface area contributed by atoms with E-state index in [9.17, 15) is 9.18 Å². The molecule has 2 heterocycles. The summed E-state index contributed by atoms with van der Waals surface area (Å²) in [5.74, 6) is 0.0853. The summed E-state index contributed by atoms with van der Waals surface area (Å²) in [4.78, 5) is 20.8. The van der Waals surface area contributed by atoms with Crippen molar-refractivity contribution in [2.45, 2.75) is 56.0 Å². The SMILES string of the molecule is CC(C(=O)N(Cc1ccccn1)C(C)c1cccc2c1SC(C)(C)O2)c1ccc(F)cc1. The number of fused-ring (bicyclic) bond motifs is 1. The molecule has 0 bridgehead atoms. The molecular weight excluding hydrogens is 423 g/mol. The number of pyridine rings is 1. The van der Waals surface area contributed by atoms with Gasteiger partial charge in [-0.3, -0.25) is 9.78 Å². The molecule has 1 aliphatic rings. The van der Waals surface area contributed by atoms with Crippen molar-refractivity contribution in [1.82, 2.24) is 9.88 Å². The third-order valence-electron chi connectivity index (χ3n) is 5.71. The zero-order chi connectivity index (χ0) is 22.9. The summed E-state index contributed by atoms with van der Waals surface area (Å²) >= 11 is 1.67. The van der Waals surface area contributed by atoms with Gasteiger partial charge in [0, 0.05) is 6.20 Å². The topological polar surface area (TPSA) is 42.4 Å². The summed E-state index contributed by atoms with van der Waals surface area (Å²) < 4.78 is 19.5. The summed E-state index contributed by atoms with van der Waals surface area (Å²) in [6, 6.07) is 17.6. The van der Waals surface area contributed by atoms with Gasteiger partial charge in [0.2, 0.25) is 5.91 Å². The van der Waals surface area contributed by atoms with Gasteiger partial charge < -0.3 is 9.64 Å². The molecule has 0 radical (unpaired) electrons. The number of hydrogen-bond acceptors (Lipinski definition) is 4. The van der Waals surface area contributed by atoms with Gasteiger partial charge in [0.25, 0.3) is 0 Å². The highest BCUT2D eigenvalue weighted by atomic mass is 32.2. The normalized spacial score (nSPS) is 16.0. The van der Waals surface area contributed by atoms with Crippen LogP contribution in [0.3, 0.4) is 0 Å². The van der Waals surface area contributed by atoms with Crippen molar-refractivity contribution in [3.8, 4) is 5.75 Å². The van der Waals surface area contributed by atoms with Crippen LogP contribution >= 0.6 is 11.8 Å². The predicted molar refractivity (Wildman–Crippen MR) is 125 cm³/mol. The van der Waals surface area contributed by atoms with Crippen molar-refractivity contribution in [2.75, 3.05) is 0 Å². The lowest BCUT2D eigenvalue weighted by molar-refractivity contribution is -0.135. The summed E-state index contributed by atoms with van der Waals surface area (Å²) in [6.07, 6.45) is 1.73. The van der Waals surface area contributed by atoms with Crippen molar-refractivity contribution < 1.29 is 13.9 Å². The zero-order valence-corrected chi connectivity index (χ0v) is 19.5. The molecule has 0 spiro atoms.